The van der Waals surface area contributed by atoms with Crippen LogP contribution in [0.2, 0.25) is 0 Å². The molecular formula is C20H22FN3O5. The van der Waals surface area contributed by atoms with Crippen LogP contribution in [0.5, 0.6) is 5.88 Å². The zero-order valence-corrected chi connectivity index (χ0v) is 16.1. The predicted molar refractivity (Wildman–Crippen MR) is 104 cm³/mol. The lowest BCUT2D eigenvalue weighted by Gasteiger charge is -2.32. The number of benzene rings is 1. The van der Waals surface area contributed by atoms with Crippen LogP contribution in [0.25, 0.3) is 0 Å². The second-order valence-electron chi connectivity index (χ2n) is 6.73. The number of aromatic nitrogens is 1. The number of amides is 2. The van der Waals surface area contributed by atoms with E-state index in [4.69, 9.17) is 9.47 Å². The van der Waals surface area contributed by atoms with Crippen molar-refractivity contribution < 1.29 is 28.6 Å². The van der Waals surface area contributed by atoms with Gasteiger partial charge in [-0.1, -0.05) is 12.1 Å². The Balaban J connectivity index is 2.00. The molecule has 0 unspecified atom stereocenters. The maximum Gasteiger partial charge on any atom is 0.412 e. The van der Waals surface area contributed by atoms with E-state index in [0.717, 1.165) is 5.56 Å². The number of methoxy groups -OCH3 is 1. The summed E-state index contributed by atoms with van der Waals surface area (Å²) in [4.78, 5) is 29.5. The van der Waals surface area contributed by atoms with Crippen LogP contribution in [0.15, 0.2) is 30.3 Å². The van der Waals surface area contributed by atoms with Crippen molar-refractivity contribution >= 4 is 23.5 Å². The standard InChI is InChI=1S/C20H22FN3O5/c1-12-11-29-19-16(24(12)20(26)27)10-14(9-13-3-5-15(21)6-4-13)18(23-19)22-17(25)7-8-28-2/h3-6,10,12H,7-9,11H2,1-2H3,(H,26,27)(H,22,23,25)/t12-/m0/s1. The quantitative estimate of drug-likeness (QED) is 0.769. The summed E-state index contributed by atoms with van der Waals surface area (Å²) in [5, 5.41) is 12.3. The fourth-order valence-electron chi connectivity index (χ4n) is 3.06. The maximum atomic E-state index is 13.2. The van der Waals surface area contributed by atoms with Crippen molar-refractivity contribution in [1.29, 1.82) is 0 Å². The summed E-state index contributed by atoms with van der Waals surface area (Å²) in [6.45, 7) is 2.14. The van der Waals surface area contributed by atoms with Crippen LogP contribution < -0.4 is 15.0 Å². The second-order valence-corrected chi connectivity index (χ2v) is 6.73. The fraction of sp³-hybridized carbons (Fsp3) is 0.350. The number of halogens is 1. The van der Waals surface area contributed by atoms with Crippen LogP contribution in [0.4, 0.5) is 20.7 Å². The van der Waals surface area contributed by atoms with E-state index < -0.39 is 6.09 Å². The molecule has 1 aliphatic rings. The number of nitrogens with zero attached hydrogens (tertiary/aromatic N) is 2. The molecule has 0 radical (unpaired) electrons. The highest BCUT2D eigenvalue weighted by Crippen LogP contribution is 2.36. The van der Waals surface area contributed by atoms with Gasteiger partial charge in [0, 0.05) is 19.1 Å². The van der Waals surface area contributed by atoms with Crippen LogP contribution in [-0.2, 0) is 16.0 Å². The van der Waals surface area contributed by atoms with Crippen molar-refractivity contribution in [2.24, 2.45) is 0 Å². The number of ether oxygens (including phenoxy) is 2. The predicted octanol–water partition coefficient (Wildman–Crippen LogP) is 3.05. The zero-order chi connectivity index (χ0) is 21.0. The van der Waals surface area contributed by atoms with Crippen LogP contribution in [0.1, 0.15) is 24.5 Å². The second kappa shape index (κ2) is 8.87. The number of fused-ring (bicyclic) bond motifs is 1. The number of nitrogens with one attached hydrogen (secondary N) is 1. The van der Waals surface area contributed by atoms with Crippen LogP contribution in [0, 0.1) is 5.82 Å². The van der Waals surface area contributed by atoms with Gasteiger partial charge in [0.2, 0.25) is 11.8 Å². The largest absolute Gasteiger partial charge is 0.474 e. The molecule has 3 rings (SSSR count). The summed E-state index contributed by atoms with van der Waals surface area (Å²) < 4.78 is 23.7. The number of hydrogen-bond donors (Lipinski definition) is 2. The molecule has 0 aliphatic carbocycles. The van der Waals surface area contributed by atoms with Crippen LogP contribution in [-0.4, -0.2) is 48.5 Å². The van der Waals surface area contributed by atoms with Crippen LogP contribution in [0.3, 0.4) is 0 Å². The van der Waals surface area contributed by atoms with Gasteiger partial charge in [0.25, 0.3) is 0 Å². The average molecular weight is 403 g/mol. The first-order valence-electron chi connectivity index (χ1n) is 9.11. The third kappa shape index (κ3) is 4.80. The molecule has 1 atom stereocenters. The monoisotopic (exact) mass is 403 g/mol. The minimum Gasteiger partial charge on any atom is -0.474 e. The summed E-state index contributed by atoms with van der Waals surface area (Å²) in [5.41, 5.74) is 1.68. The van der Waals surface area contributed by atoms with Gasteiger partial charge in [-0.05, 0) is 30.7 Å². The zero-order valence-electron chi connectivity index (χ0n) is 16.1. The van der Waals surface area contributed by atoms with Crippen molar-refractivity contribution in [1.82, 2.24) is 4.98 Å². The number of hydrogen-bond acceptors (Lipinski definition) is 5. The smallest absolute Gasteiger partial charge is 0.412 e. The van der Waals surface area contributed by atoms with Gasteiger partial charge in [-0.3, -0.25) is 9.69 Å². The molecule has 1 aromatic carbocycles. The summed E-state index contributed by atoms with van der Waals surface area (Å²) >= 11 is 0. The molecule has 154 valence electrons. The van der Waals surface area contributed by atoms with E-state index in [0.29, 0.717) is 17.7 Å². The number of rotatable bonds is 6. The highest BCUT2D eigenvalue weighted by molar-refractivity contribution is 5.93. The number of carboxylic acid groups (broad SMARTS) is 1. The number of pyridine rings is 1. The average Bonchev–Trinajstić information content (AvgIpc) is 2.68. The van der Waals surface area contributed by atoms with E-state index in [1.165, 1.54) is 24.1 Å². The van der Waals surface area contributed by atoms with E-state index in [1.54, 1.807) is 25.1 Å². The van der Waals surface area contributed by atoms with Gasteiger partial charge < -0.3 is 19.9 Å². The Labute approximate surface area is 167 Å². The molecule has 0 saturated carbocycles. The minimum absolute atomic E-state index is 0.135. The lowest BCUT2D eigenvalue weighted by molar-refractivity contribution is -0.117. The highest BCUT2D eigenvalue weighted by atomic mass is 19.1. The van der Waals surface area contributed by atoms with Crippen LogP contribution >= 0.6 is 0 Å². The number of anilines is 2. The van der Waals surface area contributed by atoms with Crippen molar-refractivity contribution in [2.45, 2.75) is 25.8 Å². The van der Waals surface area contributed by atoms with Gasteiger partial charge in [0.1, 0.15) is 23.9 Å². The molecule has 2 amide bonds. The van der Waals surface area contributed by atoms with Gasteiger partial charge in [-0.2, -0.15) is 4.98 Å². The Morgan fingerprint density at radius 1 is 1.38 bits per heavy atom. The highest BCUT2D eigenvalue weighted by Gasteiger charge is 2.32. The van der Waals surface area contributed by atoms with E-state index in [9.17, 15) is 19.1 Å². The Kier molecular flexibility index (Phi) is 6.28. The van der Waals surface area contributed by atoms with Gasteiger partial charge in [0.05, 0.1) is 19.1 Å². The fourth-order valence-corrected chi connectivity index (χ4v) is 3.06. The SMILES string of the molecule is COCCC(=O)Nc1nc2c(cc1Cc1ccc(F)cc1)N(C(=O)O)[C@@H](C)CO2. The molecule has 8 nitrogen and oxygen atoms in total. The van der Waals surface area contributed by atoms with Gasteiger partial charge in [0.15, 0.2) is 0 Å². The molecular weight excluding hydrogens is 381 g/mol. The molecule has 0 bridgehead atoms. The Hall–Kier alpha value is -3.20. The summed E-state index contributed by atoms with van der Waals surface area (Å²) in [6, 6.07) is 7.18. The molecule has 2 aromatic rings. The summed E-state index contributed by atoms with van der Waals surface area (Å²) in [7, 11) is 1.50. The van der Waals surface area contributed by atoms with Gasteiger partial charge in [-0.15, -0.1) is 0 Å². The molecule has 2 N–H and O–H groups in total. The van der Waals surface area contributed by atoms with Crippen molar-refractivity contribution in [3.05, 3.63) is 47.3 Å². The summed E-state index contributed by atoms with van der Waals surface area (Å²) in [5.74, 6) is -0.243. The van der Waals surface area contributed by atoms with Gasteiger partial charge >= 0.3 is 6.09 Å². The molecule has 2 heterocycles. The topological polar surface area (TPSA) is 101 Å². The van der Waals surface area contributed by atoms with Crippen molar-refractivity contribution in [3.8, 4) is 5.88 Å². The normalized spacial score (nSPS) is 15.4. The Morgan fingerprint density at radius 3 is 2.76 bits per heavy atom. The lowest BCUT2D eigenvalue weighted by Crippen LogP contribution is -2.44. The molecule has 1 aromatic heterocycles. The van der Waals surface area contributed by atoms with Crippen molar-refractivity contribution in [2.75, 3.05) is 30.5 Å². The van der Waals surface area contributed by atoms with E-state index in [1.807, 2.05) is 0 Å². The molecule has 0 fully saturated rings. The van der Waals surface area contributed by atoms with Crippen molar-refractivity contribution in [3.63, 3.8) is 0 Å². The number of carbonyl (C=O) groups excluding carboxylic acids is 1. The third-order valence-electron chi connectivity index (χ3n) is 4.51. The van der Waals surface area contributed by atoms with E-state index in [-0.39, 0.29) is 49.1 Å². The molecule has 0 saturated heterocycles. The van der Waals surface area contributed by atoms with E-state index in [2.05, 4.69) is 10.3 Å². The first-order chi connectivity index (χ1) is 13.9. The van der Waals surface area contributed by atoms with Gasteiger partial charge in [-0.25, -0.2) is 9.18 Å². The Bertz CT molecular complexity index is 904. The first kappa shape index (κ1) is 20.5. The molecule has 0 spiro atoms. The molecule has 9 heteroatoms. The third-order valence-corrected chi connectivity index (χ3v) is 4.51. The Morgan fingerprint density at radius 2 is 2.10 bits per heavy atom. The minimum atomic E-state index is -1.12. The summed E-state index contributed by atoms with van der Waals surface area (Å²) in [6.07, 6.45) is -0.652. The number of carbonyl (C=O) groups is 2. The van der Waals surface area contributed by atoms with E-state index >= 15 is 0 Å². The lowest BCUT2D eigenvalue weighted by atomic mass is 10.0. The molecule has 1 aliphatic heterocycles. The molecule has 29 heavy (non-hydrogen) atoms. The maximum absolute atomic E-state index is 13.2. The first-order valence-corrected chi connectivity index (χ1v) is 9.11.